The number of nitrogens with zero attached hydrogens (tertiary/aromatic N) is 3. The quantitative estimate of drug-likeness (QED) is 0.582. The molecule has 2 aliphatic rings. The molecule has 0 bridgehead atoms. The van der Waals surface area contributed by atoms with E-state index in [-0.39, 0.29) is 23.0 Å². The SMILES string of the molecule is COc1ccc([C@@H]2C[C@H](C(F)(F)F)n3nc(C(=O)NCCN4CCOCC4)c(Cl)c3N2)cc1OC. The first-order valence-corrected chi connectivity index (χ1v) is 11.5. The Morgan fingerprint density at radius 1 is 1.26 bits per heavy atom. The number of benzene rings is 1. The molecule has 2 N–H and O–H groups in total. The van der Waals surface area contributed by atoms with Crippen molar-refractivity contribution in [1.29, 1.82) is 0 Å². The molecule has 9 nitrogen and oxygen atoms in total. The van der Waals surface area contributed by atoms with Crippen molar-refractivity contribution in [2.75, 3.05) is 58.9 Å². The van der Waals surface area contributed by atoms with E-state index in [1.807, 2.05) is 0 Å². The van der Waals surface area contributed by atoms with Crippen LogP contribution in [0, 0.1) is 0 Å². The van der Waals surface area contributed by atoms with Gasteiger partial charge >= 0.3 is 6.18 Å². The Bertz CT molecular complexity index is 1060. The van der Waals surface area contributed by atoms with Gasteiger partial charge < -0.3 is 24.8 Å². The van der Waals surface area contributed by atoms with E-state index >= 15 is 0 Å². The third-order valence-electron chi connectivity index (χ3n) is 6.14. The highest BCUT2D eigenvalue weighted by Gasteiger charge is 2.48. The number of anilines is 1. The number of nitrogens with one attached hydrogen (secondary N) is 2. The zero-order valence-electron chi connectivity index (χ0n) is 19.3. The average Bonchev–Trinajstić information content (AvgIpc) is 3.19. The molecule has 1 fully saturated rings. The molecule has 2 atom stereocenters. The van der Waals surface area contributed by atoms with Crippen molar-refractivity contribution in [3.05, 3.63) is 34.5 Å². The molecule has 0 saturated carbocycles. The van der Waals surface area contributed by atoms with Crippen LogP contribution >= 0.6 is 11.6 Å². The van der Waals surface area contributed by atoms with E-state index in [0.29, 0.717) is 43.4 Å². The number of carbonyl (C=O) groups excluding carboxylic acids is 1. The van der Waals surface area contributed by atoms with Gasteiger partial charge in [0.05, 0.1) is 33.5 Å². The zero-order valence-corrected chi connectivity index (χ0v) is 20.1. The summed E-state index contributed by atoms with van der Waals surface area (Å²) in [6, 6.07) is 2.18. The monoisotopic (exact) mass is 517 g/mol. The fourth-order valence-electron chi connectivity index (χ4n) is 4.26. The summed E-state index contributed by atoms with van der Waals surface area (Å²) in [7, 11) is 2.92. The molecule has 2 aliphatic heterocycles. The molecule has 1 saturated heterocycles. The van der Waals surface area contributed by atoms with Gasteiger partial charge in [0, 0.05) is 32.6 Å². The van der Waals surface area contributed by atoms with E-state index in [1.165, 1.54) is 14.2 Å². The highest BCUT2D eigenvalue weighted by Crippen LogP contribution is 2.47. The second kappa shape index (κ2) is 10.5. The average molecular weight is 518 g/mol. The Morgan fingerprint density at radius 2 is 1.97 bits per heavy atom. The molecule has 4 rings (SSSR count). The molecule has 13 heteroatoms. The molecule has 0 aliphatic carbocycles. The third kappa shape index (κ3) is 5.44. The predicted molar refractivity (Wildman–Crippen MR) is 122 cm³/mol. The molecule has 0 unspecified atom stereocenters. The van der Waals surface area contributed by atoms with E-state index in [9.17, 15) is 18.0 Å². The molecule has 1 aromatic heterocycles. The summed E-state index contributed by atoms with van der Waals surface area (Å²) in [6.07, 6.45) is -4.95. The fraction of sp³-hybridized carbons (Fsp3) is 0.545. The first kappa shape index (κ1) is 25.4. The zero-order chi connectivity index (χ0) is 25.2. The first-order valence-electron chi connectivity index (χ1n) is 11.1. The van der Waals surface area contributed by atoms with Crippen LogP contribution in [-0.2, 0) is 4.74 Å². The summed E-state index contributed by atoms with van der Waals surface area (Å²) in [4.78, 5) is 14.9. The van der Waals surface area contributed by atoms with Crippen molar-refractivity contribution < 1.29 is 32.2 Å². The minimum absolute atomic E-state index is 0.0571. The molecular weight excluding hydrogens is 491 g/mol. The number of rotatable bonds is 7. The van der Waals surface area contributed by atoms with Crippen molar-refractivity contribution in [2.45, 2.75) is 24.7 Å². The van der Waals surface area contributed by atoms with E-state index in [1.54, 1.807) is 18.2 Å². The molecule has 0 radical (unpaired) electrons. The Balaban J connectivity index is 1.56. The van der Waals surface area contributed by atoms with Crippen molar-refractivity contribution in [3.8, 4) is 11.5 Å². The number of alkyl halides is 3. The molecule has 0 spiro atoms. The van der Waals surface area contributed by atoms with Gasteiger partial charge in [0.2, 0.25) is 0 Å². The molecule has 2 aromatic rings. The maximum Gasteiger partial charge on any atom is 0.410 e. The number of hydrogen-bond donors (Lipinski definition) is 2. The minimum atomic E-state index is -4.61. The fourth-order valence-corrected chi connectivity index (χ4v) is 4.52. The number of morpholine rings is 1. The standard InChI is InChI=1S/C22H27ClF3N5O4/c1-33-15-4-3-13(11-16(15)34-2)14-12-17(22(24,25)26)31-20(28-14)18(23)19(29-31)21(32)27-5-6-30-7-9-35-10-8-30/h3-4,11,14,17,28H,5-10,12H2,1-2H3,(H,27,32)/t14-,17+/m0/s1. The number of halogens is 4. The maximum absolute atomic E-state index is 14.0. The van der Waals surface area contributed by atoms with Crippen LogP contribution in [0.3, 0.4) is 0 Å². The number of methoxy groups -OCH3 is 2. The van der Waals surface area contributed by atoms with Gasteiger partial charge in [-0.15, -0.1) is 0 Å². The number of fused-ring (bicyclic) bond motifs is 1. The second-order valence-electron chi connectivity index (χ2n) is 8.27. The van der Waals surface area contributed by atoms with E-state index in [4.69, 9.17) is 25.8 Å². The van der Waals surface area contributed by atoms with E-state index < -0.39 is 24.2 Å². The van der Waals surface area contributed by atoms with Gasteiger partial charge in [-0.3, -0.25) is 9.69 Å². The molecule has 3 heterocycles. The molecule has 192 valence electrons. The molecule has 1 aromatic carbocycles. The van der Waals surface area contributed by atoms with Gasteiger partial charge in [-0.05, 0) is 17.7 Å². The maximum atomic E-state index is 14.0. The largest absolute Gasteiger partial charge is 0.493 e. The van der Waals surface area contributed by atoms with Crippen molar-refractivity contribution >= 4 is 23.3 Å². The summed E-state index contributed by atoms with van der Waals surface area (Å²) in [6.45, 7) is 3.65. The van der Waals surface area contributed by atoms with Crippen molar-refractivity contribution in [2.24, 2.45) is 0 Å². The lowest BCUT2D eigenvalue weighted by atomic mass is 9.96. The van der Waals surface area contributed by atoms with Gasteiger partial charge in [-0.25, -0.2) is 4.68 Å². The highest BCUT2D eigenvalue weighted by atomic mass is 35.5. The third-order valence-corrected chi connectivity index (χ3v) is 6.50. The number of aromatic nitrogens is 2. The Hall–Kier alpha value is -2.70. The topological polar surface area (TPSA) is 89.9 Å². The van der Waals surface area contributed by atoms with Crippen LogP contribution in [-0.4, -0.2) is 80.4 Å². The number of ether oxygens (including phenoxy) is 3. The summed E-state index contributed by atoms with van der Waals surface area (Å²) in [5, 5.41) is 9.53. The van der Waals surface area contributed by atoms with Gasteiger partial charge in [0.1, 0.15) is 10.8 Å². The van der Waals surface area contributed by atoms with Crippen LogP contribution in [0.5, 0.6) is 11.5 Å². The molecular formula is C22H27ClF3N5O4. The Kier molecular flexibility index (Phi) is 7.62. The van der Waals surface area contributed by atoms with Crippen molar-refractivity contribution in [1.82, 2.24) is 20.0 Å². The van der Waals surface area contributed by atoms with Crippen LogP contribution in [0.4, 0.5) is 19.0 Å². The number of amides is 1. The number of hydrogen-bond acceptors (Lipinski definition) is 7. The van der Waals surface area contributed by atoms with Crippen LogP contribution < -0.4 is 20.1 Å². The summed E-state index contributed by atoms with van der Waals surface area (Å²) in [5.41, 5.74) is 0.301. The van der Waals surface area contributed by atoms with Gasteiger partial charge in [0.15, 0.2) is 23.2 Å². The lowest BCUT2D eigenvalue weighted by Crippen LogP contribution is -2.41. The smallest absolute Gasteiger partial charge is 0.410 e. The van der Waals surface area contributed by atoms with Gasteiger partial charge in [-0.2, -0.15) is 18.3 Å². The second-order valence-corrected chi connectivity index (χ2v) is 8.65. The summed E-state index contributed by atoms with van der Waals surface area (Å²) >= 11 is 6.39. The Labute approximate surface area is 205 Å². The number of carbonyl (C=O) groups is 1. The van der Waals surface area contributed by atoms with Crippen LogP contribution in [0.15, 0.2) is 18.2 Å². The Morgan fingerprint density at radius 3 is 2.63 bits per heavy atom. The predicted octanol–water partition coefficient (Wildman–Crippen LogP) is 3.28. The molecule has 35 heavy (non-hydrogen) atoms. The lowest BCUT2D eigenvalue weighted by Gasteiger charge is -2.33. The molecule has 1 amide bonds. The summed E-state index contributed by atoms with van der Waals surface area (Å²) in [5.74, 6) is 0.160. The first-order chi connectivity index (χ1) is 16.7. The van der Waals surface area contributed by atoms with Gasteiger partial charge in [0.25, 0.3) is 5.91 Å². The normalized spacial score (nSPS) is 20.6. The summed E-state index contributed by atoms with van der Waals surface area (Å²) < 4.78 is 58.6. The van der Waals surface area contributed by atoms with Crippen LogP contribution in [0.25, 0.3) is 0 Å². The van der Waals surface area contributed by atoms with Crippen LogP contribution in [0.1, 0.15) is 34.6 Å². The van der Waals surface area contributed by atoms with Gasteiger partial charge in [-0.1, -0.05) is 17.7 Å². The van der Waals surface area contributed by atoms with E-state index in [2.05, 4.69) is 20.6 Å². The highest BCUT2D eigenvalue weighted by molar-refractivity contribution is 6.36. The van der Waals surface area contributed by atoms with Crippen LogP contribution in [0.2, 0.25) is 5.02 Å². The minimum Gasteiger partial charge on any atom is -0.493 e. The van der Waals surface area contributed by atoms with E-state index in [0.717, 1.165) is 17.8 Å². The van der Waals surface area contributed by atoms with Crippen molar-refractivity contribution in [3.63, 3.8) is 0 Å². The lowest BCUT2D eigenvalue weighted by molar-refractivity contribution is -0.173.